The number of carbonyl (C=O) groups is 1. The molecule has 0 aliphatic carbocycles. The zero-order valence-electron chi connectivity index (χ0n) is 12.6. The number of amides is 1. The lowest BCUT2D eigenvalue weighted by atomic mass is 10.0. The molecule has 1 aliphatic rings. The average molecular weight is 310 g/mol. The molecule has 0 saturated heterocycles. The summed E-state index contributed by atoms with van der Waals surface area (Å²) in [5.74, 6) is -0.375. The number of fused-ring (bicyclic) bond motifs is 2. The van der Waals surface area contributed by atoms with Crippen LogP contribution in [0.5, 0.6) is 0 Å². The Labute approximate surface area is 132 Å². The van der Waals surface area contributed by atoms with Gasteiger partial charge in [-0.1, -0.05) is 0 Å². The summed E-state index contributed by atoms with van der Waals surface area (Å²) in [5.41, 5.74) is 3.90. The van der Waals surface area contributed by atoms with Gasteiger partial charge in [0.15, 0.2) is 0 Å². The van der Waals surface area contributed by atoms with E-state index in [1.54, 1.807) is 30.2 Å². The summed E-state index contributed by atoms with van der Waals surface area (Å²) < 4.78 is 13.3. The Morgan fingerprint density at radius 3 is 3.09 bits per heavy atom. The van der Waals surface area contributed by atoms with E-state index in [9.17, 15) is 9.18 Å². The van der Waals surface area contributed by atoms with Gasteiger partial charge in [-0.2, -0.15) is 5.10 Å². The van der Waals surface area contributed by atoms with Crippen molar-refractivity contribution in [2.24, 2.45) is 0 Å². The van der Waals surface area contributed by atoms with E-state index < -0.39 is 0 Å². The molecule has 0 spiro atoms. The Morgan fingerprint density at radius 1 is 1.35 bits per heavy atom. The third-order valence-electron chi connectivity index (χ3n) is 4.29. The van der Waals surface area contributed by atoms with Crippen LogP contribution in [0.3, 0.4) is 0 Å². The van der Waals surface area contributed by atoms with E-state index in [1.165, 1.54) is 12.1 Å². The van der Waals surface area contributed by atoms with Crippen molar-refractivity contribution in [3.05, 3.63) is 58.8 Å². The second-order valence-corrected chi connectivity index (χ2v) is 5.81. The molecule has 0 radical (unpaired) electrons. The van der Waals surface area contributed by atoms with Crippen molar-refractivity contribution in [1.82, 2.24) is 20.1 Å². The predicted molar refractivity (Wildman–Crippen MR) is 83.5 cm³/mol. The smallest absolute Gasteiger partial charge is 0.256 e. The van der Waals surface area contributed by atoms with Crippen molar-refractivity contribution >= 4 is 16.8 Å². The Morgan fingerprint density at radius 2 is 2.22 bits per heavy atom. The molecule has 0 bridgehead atoms. The number of carbonyl (C=O) groups excluding carboxylic acids is 1. The minimum Gasteiger partial charge on any atom is -0.334 e. The Balaban J connectivity index is 1.70. The van der Waals surface area contributed by atoms with Crippen LogP contribution >= 0.6 is 0 Å². The molecule has 116 valence electrons. The summed E-state index contributed by atoms with van der Waals surface area (Å²) in [6.45, 7) is 2.98. The lowest BCUT2D eigenvalue weighted by molar-refractivity contribution is 0.0733. The van der Waals surface area contributed by atoms with Crippen molar-refractivity contribution < 1.29 is 9.18 Å². The highest BCUT2D eigenvalue weighted by atomic mass is 19.1. The van der Waals surface area contributed by atoms with E-state index in [0.717, 1.165) is 23.1 Å². The second kappa shape index (κ2) is 5.15. The summed E-state index contributed by atoms with van der Waals surface area (Å²) in [7, 11) is 0. The molecule has 0 unspecified atom stereocenters. The minimum absolute atomic E-state index is 0.0481. The van der Waals surface area contributed by atoms with Gasteiger partial charge in [0.2, 0.25) is 0 Å². The van der Waals surface area contributed by atoms with Crippen LogP contribution in [0.1, 0.15) is 27.3 Å². The number of H-pyrrole nitrogens is 1. The number of aromatic amines is 1. The molecule has 6 heteroatoms. The van der Waals surface area contributed by atoms with Gasteiger partial charge in [0.1, 0.15) is 5.82 Å². The zero-order valence-corrected chi connectivity index (χ0v) is 12.6. The fourth-order valence-corrected chi connectivity index (χ4v) is 3.02. The molecular formula is C17H15FN4O. The number of aryl methyl sites for hydroxylation is 1. The molecule has 23 heavy (non-hydrogen) atoms. The third-order valence-corrected chi connectivity index (χ3v) is 4.29. The summed E-state index contributed by atoms with van der Waals surface area (Å²) in [6, 6.07) is 6.21. The van der Waals surface area contributed by atoms with Crippen LogP contribution in [0.25, 0.3) is 10.9 Å². The van der Waals surface area contributed by atoms with Gasteiger partial charge in [0.05, 0.1) is 23.0 Å². The summed E-state index contributed by atoms with van der Waals surface area (Å²) in [5, 5.41) is 7.75. The SMILES string of the molecule is Cc1nc2cc(F)ccc2cc1C(=O)N1CCc2[nH]ncc2C1. The number of nitrogens with zero attached hydrogens (tertiary/aromatic N) is 3. The van der Waals surface area contributed by atoms with Gasteiger partial charge in [-0.15, -0.1) is 0 Å². The molecule has 1 aliphatic heterocycles. The summed E-state index contributed by atoms with van der Waals surface area (Å²) in [6.07, 6.45) is 2.54. The maximum absolute atomic E-state index is 13.3. The van der Waals surface area contributed by atoms with Gasteiger partial charge >= 0.3 is 0 Å². The monoisotopic (exact) mass is 310 g/mol. The molecule has 1 aromatic carbocycles. The number of hydrogen-bond acceptors (Lipinski definition) is 3. The number of pyridine rings is 1. The van der Waals surface area contributed by atoms with Crippen molar-refractivity contribution in [2.75, 3.05) is 6.54 Å². The van der Waals surface area contributed by atoms with Crippen LogP contribution in [-0.4, -0.2) is 32.5 Å². The Kier molecular flexibility index (Phi) is 3.11. The molecule has 0 fully saturated rings. The van der Waals surface area contributed by atoms with Gasteiger partial charge in [-0.25, -0.2) is 4.39 Å². The highest BCUT2D eigenvalue weighted by Gasteiger charge is 2.24. The van der Waals surface area contributed by atoms with Crippen molar-refractivity contribution in [1.29, 1.82) is 0 Å². The fraction of sp³-hybridized carbons (Fsp3) is 0.235. The van der Waals surface area contributed by atoms with Gasteiger partial charge in [-0.05, 0) is 25.1 Å². The molecule has 3 aromatic rings. The van der Waals surface area contributed by atoms with Crippen molar-refractivity contribution in [3.63, 3.8) is 0 Å². The van der Waals surface area contributed by atoms with E-state index in [0.29, 0.717) is 29.9 Å². The minimum atomic E-state index is -0.327. The lowest BCUT2D eigenvalue weighted by Gasteiger charge is -2.27. The first-order chi connectivity index (χ1) is 11.1. The van der Waals surface area contributed by atoms with Crippen molar-refractivity contribution in [3.8, 4) is 0 Å². The topological polar surface area (TPSA) is 61.9 Å². The Hall–Kier alpha value is -2.76. The van der Waals surface area contributed by atoms with E-state index in [2.05, 4.69) is 15.2 Å². The number of halogens is 1. The second-order valence-electron chi connectivity index (χ2n) is 5.81. The number of aromatic nitrogens is 3. The molecule has 1 amide bonds. The normalized spacial score (nSPS) is 14.1. The van der Waals surface area contributed by atoms with Gasteiger partial charge in [-0.3, -0.25) is 14.9 Å². The zero-order chi connectivity index (χ0) is 16.0. The van der Waals surface area contributed by atoms with E-state index in [4.69, 9.17) is 0 Å². The molecule has 1 N–H and O–H groups in total. The van der Waals surface area contributed by atoms with Gasteiger partial charge in [0.25, 0.3) is 5.91 Å². The van der Waals surface area contributed by atoms with Gasteiger partial charge in [0, 0.05) is 42.2 Å². The molecule has 4 rings (SSSR count). The number of hydrogen-bond donors (Lipinski definition) is 1. The van der Waals surface area contributed by atoms with Crippen LogP contribution < -0.4 is 0 Å². The standard InChI is InChI=1S/C17H15FN4O/c1-10-14(6-11-2-3-13(18)7-16(11)20-10)17(23)22-5-4-15-12(9-22)8-19-21-15/h2-3,6-8H,4-5,9H2,1H3,(H,19,21). The molecule has 0 saturated carbocycles. The van der Waals surface area contributed by atoms with Crippen LogP contribution in [0.4, 0.5) is 4.39 Å². The predicted octanol–water partition coefficient (Wildman–Crippen LogP) is 2.60. The average Bonchev–Trinajstić information content (AvgIpc) is 3.01. The van der Waals surface area contributed by atoms with E-state index in [-0.39, 0.29) is 11.7 Å². The fourth-order valence-electron chi connectivity index (χ4n) is 3.02. The number of nitrogens with one attached hydrogen (secondary N) is 1. The Bertz CT molecular complexity index is 918. The van der Waals surface area contributed by atoms with Crippen LogP contribution in [0.2, 0.25) is 0 Å². The largest absolute Gasteiger partial charge is 0.334 e. The van der Waals surface area contributed by atoms with Crippen LogP contribution in [0.15, 0.2) is 30.5 Å². The van der Waals surface area contributed by atoms with Crippen LogP contribution in [0, 0.1) is 12.7 Å². The van der Waals surface area contributed by atoms with Crippen molar-refractivity contribution in [2.45, 2.75) is 19.9 Å². The van der Waals surface area contributed by atoms with Gasteiger partial charge < -0.3 is 4.90 Å². The van der Waals surface area contributed by atoms with E-state index in [1.807, 2.05) is 0 Å². The van der Waals surface area contributed by atoms with E-state index >= 15 is 0 Å². The first-order valence-corrected chi connectivity index (χ1v) is 7.49. The molecule has 3 heterocycles. The summed E-state index contributed by atoms with van der Waals surface area (Å²) in [4.78, 5) is 19.0. The van der Waals surface area contributed by atoms with Crippen LogP contribution in [-0.2, 0) is 13.0 Å². The quantitative estimate of drug-likeness (QED) is 0.751. The first kappa shape index (κ1) is 13.9. The highest BCUT2D eigenvalue weighted by Crippen LogP contribution is 2.22. The third kappa shape index (κ3) is 2.36. The number of benzene rings is 1. The number of rotatable bonds is 1. The lowest BCUT2D eigenvalue weighted by Crippen LogP contribution is -2.36. The first-order valence-electron chi connectivity index (χ1n) is 7.49. The molecule has 0 atom stereocenters. The highest BCUT2D eigenvalue weighted by molar-refractivity contribution is 5.98. The summed E-state index contributed by atoms with van der Waals surface area (Å²) >= 11 is 0. The molecular weight excluding hydrogens is 295 g/mol. The maximum Gasteiger partial charge on any atom is 0.256 e. The maximum atomic E-state index is 13.3. The molecule has 5 nitrogen and oxygen atoms in total. The molecule has 2 aromatic heterocycles.